The molecule has 1 saturated carbocycles. The Bertz CT molecular complexity index is 834. The van der Waals surface area contributed by atoms with Crippen LogP contribution in [0, 0.1) is 0 Å². The molecule has 2 aromatic heterocycles. The largest absolute Gasteiger partial charge is 0.345 e. The van der Waals surface area contributed by atoms with Gasteiger partial charge in [0.15, 0.2) is 5.78 Å². The number of hydrogen-bond acceptors (Lipinski definition) is 2. The maximum Gasteiger partial charge on any atom is 0.175 e. The first kappa shape index (κ1) is 12.6. The minimum atomic E-state index is -0.379. The molecular formula is C17H13ClN2O. The number of hydrogen-bond donors (Lipinski definition) is 1. The summed E-state index contributed by atoms with van der Waals surface area (Å²) in [5, 5.41) is 1.29. The lowest BCUT2D eigenvalue weighted by molar-refractivity contribution is 0.0948. The average molecular weight is 297 g/mol. The van der Waals surface area contributed by atoms with Crippen LogP contribution in [0.15, 0.2) is 48.8 Å². The van der Waals surface area contributed by atoms with Gasteiger partial charge >= 0.3 is 0 Å². The van der Waals surface area contributed by atoms with Crippen LogP contribution >= 0.6 is 11.6 Å². The summed E-state index contributed by atoms with van der Waals surface area (Å²) in [6, 6.07) is 11.7. The number of halogens is 1. The number of rotatable bonds is 3. The molecule has 4 rings (SSSR count). The van der Waals surface area contributed by atoms with E-state index in [9.17, 15) is 4.79 Å². The van der Waals surface area contributed by atoms with E-state index in [0.717, 1.165) is 23.8 Å². The summed E-state index contributed by atoms with van der Waals surface area (Å²) in [7, 11) is 0. The fourth-order valence-corrected chi connectivity index (χ4v) is 3.23. The van der Waals surface area contributed by atoms with Gasteiger partial charge in [0.1, 0.15) is 5.65 Å². The van der Waals surface area contributed by atoms with Crippen LogP contribution in [0.25, 0.3) is 11.0 Å². The van der Waals surface area contributed by atoms with E-state index in [4.69, 9.17) is 11.6 Å². The van der Waals surface area contributed by atoms with Crippen molar-refractivity contribution >= 4 is 28.4 Å². The van der Waals surface area contributed by atoms with Crippen LogP contribution in [-0.4, -0.2) is 15.8 Å². The van der Waals surface area contributed by atoms with Gasteiger partial charge in [0.25, 0.3) is 0 Å². The zero-order valence-electron chi connectivity index (χ0n) is 11.3. The number of ketones is 1. The maximum atomic E-state index is 13.1. The Balaban J connectivity index is 1.85. The smallest absolute Gasteiger partial charge is 0.175 e. The van der Waals surface area contributed by atoms with Gasteiger partial charge in [-0.25, -0.2) is 4.98 Å². The fourth-order valence-electron chi connectivity index (χ4n) is 2.98. The van der Waals surface area contributed by atoms with Crippen molar-refractivity contribution in [2.75, 3.05) is 0 Å². The Morgan fingerprint density at radius 3 is 2.67 bits per heavy atom. The summed E-state index contributed by atoms with van der Waals surface area (Å²) >= 11 is 6.25. The van der Waals surface area contributed by atoms with Crippen LogP contribution in [0.4, 0.5) is 0 Å². The van der Waals surface area contributed by atoms with Crippen molar-refractivity contribution in [1.82, 2.24) is 9.97 Å². The van der Waals surface area contributed by atoms with E-state index in [2.05, 4.69) is 9.97 Å². The highest BCUT2D eigenvalue weighted by molar-refractivity contribution is 6.37. The third-order valence-corrected chi connectivity index (χ3v) is 4.59. The van der Waals surface area contributed by atoms with E-state index < -0.39 is 0 Å². The van der Waals surface area contributed by atoms with E-state index in [-0.39, 0.29) is 11.2 Å². The topological polar surface area (TPSA) is 45.8 Å². The fraction of sp³-hybridized carbons (Fsp3) is 0.176. The number of aromatic amines is 1. The number of benzene rings is 1. The summed E-state index contributed by atoms with van der Waals surface area (Å²) in [4.78, 5) is 20.3. The third kappa shape index (κ3) is 1.81. The molecule has 3 nitrogen and oxygen atoms in total. The lowest BCUT2D eigenvalue weighted by atomic mass is 9.87. The second-order valence-electron chi connectivity index (χ2n) is 5.50. The van der Waals surface area contributed by atoms with Gasteiger partial charge in [0.2, 0.25) is 0 Å². The first-order chi connectivity index (χ1) is 10.2. The lowest BCUT2D eigenvalue weighted by Crippen LogP contribution is -2.20. The van der Waals surface area contributed by atoms with Crippen molar-refractivity contribution in [3.05, 3.63) is 64.9 Å². The SMILES string of the molecule is O=C(c1c[nH]c2nccc(Cl)c12)C1(c2ccccc2)CC1. The second-order valence-corrected chi connectivity index (χ2v) is 5.90. The monoisotopic (exact) mass is 296 g/mol. The average Bonchev–Trinajstić information content (AvgIpc) is 3.21. The third-order valence-electron chi connectivity index (χ3n) is 4.28. The number of fused-ring (bicyclic) bond motifs is 1. The number of nitrogens with one attached hydrogen (secondary N) is 1. The summed E-state index contributed by atoms with van der Waals surface area (Å²) in [5.41, 5.74) is 2.01. The quantitative estimate of drug-likeness (QED) is 0.739. The molecule has 1 N–H and O–H groups in total. The highest BCUT2D eigenvalue weighted by Crippen LogP contribution is 2.51. The number of nitrogens with zero attached hydrogens (tertiary/aromatic N) is 1. The summed E-state index contributed by atoms with van der Waals surface area (Å²) in [5.74, 6) is 0.134. The van der Waals surface area contributed by atoms with Crippen molar-refractivity contribution in [3.8, 4) is 0 Å². The minimum absolute atomic E-state index is 0.134. The Kier molecular flexibility index (Phi) is 2.66. The van der Waals surface area contributed by atoms with Gasteiger partial charge in [-0.05, 0) is 24.5 Å². The van der Waals surface area contributed by atoms with Crippen LogP contribution in [-0.2, 0) is 5.41 Å². The van der Waals surface area contributed by atoms with Crippen molar-refractivity contribution in [3.63, 3.8) is 0 Å². The van der Waals surface area contributed by atoms with Gasteiger partial charge in [0.05, 0.1) is 10.4 Å². The zero-order chi connectivity index (χ0) is 14.4. The van der Waals surface area contributed by atoms with Gasteiger partial charge < -0.3 is 4.98 Å². The molecular weight excluding hydrogens is 284 g/mol. The Morgan fingerprint density at radius 1 is 1.19 bits per heavy atom. The van der Waals surface area contributed by atoms with Gasteiger partial charge in [-0.2, -0.15) is 0 Å². The Labute approximate surface area is 127 Å². The van der Waals surface area contributed by atoms with Crippen molar-refractivity contribution in [1.29, 1.82) is 0 Å². The van der Waals surface area contributed by atoms with Crippen molar-refractivity contribution < 1.29 is 4.79 Å². The molecule has 0 amide bonds. The van der Waals surface area contributed by atoms with Gasteiger partial charge in [-0.3, -0.25) is 4.79 Å². The Hall–Kier alpha value is -2.13. The van der Waals surface area contributed by atoms with E-state index >= 15 is 0 Å². The van der Waals surface area contributed by atoms with Crippen LogP contribution in [0.3, 0.4) is 0 Å². The Morgan fingerprint density at radius 2 is 1.95 bits per heavy atom. The van der Waals surface area contributed by atoms with E-state index in [1.165, 1.54) is 0 Å². The van der Waals surface area contributed by atoms with E-state index in [1.807, 2.05) is 30.3 Å². The van der Waals surface area contributed by atoms with E-state index in [1.54, 1.807) is 18.5 Å². The molecule has 2 heterocycles. The molecule has 0 aliphatic heterocycles. The van der Waals surface area contributed by atoms with Crippen molar-refractivity contribution in [2.45, 2.75) is 18.3 Å². The molecule has 0 bridgehead atoms. The number of carbonyl (C=O) groups is 1. The first-order valence-corrected chi connectivity index (χ1v) is 7.32. The molecule has 1 fully saturated rings. The first-order valence-electron chi connectivity index (χ1n) is 6.94. The zero-order valence-corrected chi connectivity index (χ0v) is 12.0. The molecule has 0 radical (unpaired) electrons. The molecule has 104 valence electrons. The van der Waals surface area contributed by atoms with E-state index in [0.29, 0.717) is 16.2 Å². The lowest BCUT2D eigenvalue weighted by Gasteiger charge is -2.14. The molecule has 0 atom stereocenters. The molecule has 0 saturated heterocycles. The molecule has 1 aliphatic rings. The molecule has 0 unspecified atom stereocenters. The highest BCUT2D eigenvalue weighted by Gasteiger charge is 2.51. The van der Waals surface area contributed by atoms with Crippen LogP contribution in [0.5, 0.6) is 0 Å². The number of aromatic nitrogens is 2. The molecule has 0 spiro atoms. The molecule has 1 aliphatic carbocycles. The molecule has 4 heteroatoms. The highest BCUT2D eigenvalue weighted by atomic mass is 35.5. The number of carbonyl (C=O) groups excluding carboxylic acids is 1. The number of Topliss-reactive ketones (excluding diaryl/α,β-unsaturated/α-hetero) is 1. The molecule has 21 heavy (non-hydrogen) atoms. The standard InChI is InChI=1S/C17H13ClN2O/c18-13-6-9-19-16-14(13)12(10-20-16)15(21)17(7-8-17)11-4-2-1-3-5-11/h1-6,9-10H,7-8H2,(H,19,20). The van der Waals surface area contributed by atoms with Crippen molar-refractivity contribution in [2.24, 2.45) is 0 Å². The summed E-state index contributed by atoms with van der Waals surface area (Å²) < 4.78 is 0. The predicted molar refractivity (Wildman–Crippen MR) is 82.8 cm³/mol. The van der Waals surface area contributed by atoms with Crippen LogP contribution in [0.2, 0.25) is 5.02 Å². The molecule has 1 aromatic carbocycles. The normalized spacial score (nSPS) is 16.0. The van der Waals surface area contributed by atoms with Crippen LogP contribution in [0.1, 0.15) is 28.8 Å². The van der Waals surface area contributed by atoms with Gasteiger partial charge in [-0.15, -0.1) is 0 Å². The summed E-state index contributed by atoms with van der Waals surface area (Å²) in [6.45, 7) is 0. The predicted octanol–water partition coefficient (Wildman–Crippen LogP) is 4.13. The van der Waals surface area contributed by atoms with Gasteiger partial charge in [0, 0.05) is 23.3 Å². The second kappa shape index (κ2) is 4.43. The van der Waals surface area contributed by atoms with Gasteiger partial charge in [-0.1, -0.05) is 41.9 Å². The minimum Gasteiger partial charge on any atom is -0.345 e. The maximum absolute atomic E-state index is 13.1. The summed E-state index contributed by atoms with van der Waals surface area (Å²) in [6.07, 6.45) is 5.15. The van der Waals surface area contributed by atoms with Crippen LogP contribution < -0.4 is 0 Å². The molecule has 3 aromatic rings. The number of H-pyrrole nitrogens is 1. The number of pyridine rings is 1.